The number of ketones is 1. The SMILES string of the molecule is CC(=O)O[C@H]1CC[C@]2(C)[C@H]3CC[C@@H]4C5=C(C(C)C)C(=O)C[C@]5(CC(=O)NNC(=O)c5ccc(Cl)cc5)CC[C@@]4(C)[C@]3(C)CC[C@H]2C1(C)C. The van der Waals surface area contributed by atoms with Crippen LogP contribution >= 0.6 is 11.6 Å². The van der Waals surface area contributed by atoms with Crippen molar-refractivity contribution in [3.8, 4) is 0 Å². The van der Waals surface area contributed by atoms with Crippen LogP contribution in [0.1, 0.15) is 130 Å². The molecule has 262 valence electrons. The van der Waals surface area contributed by atoms with Crippen LogP contribution in [0.2, 0.25) is 5.02 Å². The van der Waals surface area contributed by atoms with Gasteiger partial charge in [-0.1, -0.05) is 65.6 Å². The van der Waals surface area contributed by atoms with E-state index in [1.54, 1.807) is 24.3 Å². The van der Waals surface area contributed by atoms with Crippen LogP contribution in [-0.2, 0) is 19.1 Å². The monoisotopic (exact) mass is 678 g/mol. The molecule has 48 heavy (non-hydrogen) atoms. The first-order valence-corrected chi connectivity index (χ1v) is 18.6. The third-order valence-electron chi connectivity index (χ3n) is 14.7. The van der Waals surface area contributed by atoms with Crippen LogP contribution in [0.3, 0.4) is 0 Å². The molecule has 5 aliphatic rings. The number of amides is 2. The summed E-state index contributed by atoms with van der Waals surface area (Å²) in [6.07, 6.45) is 8.55. The summed E-state index contributed by atoms with van der Waals surface area (Å²) >= 11 is 5.97. The molecule has 2 amide bonds. The highest BCUT2D eigenvalue weighted by Crippen LogP contribution is 2.77. The molecule has 8 heteroatoms. The van der Waals surface area contributed by atoms with E-state index in [2.05, 4.69) is 59.3 Å². The highest BCUT2D eigenvalue weighted by molar-refractivity contribution is 6.30. The number of rotatable bonds is 5. The maximum atomic E-state index is 13.9. The third-order valence-corrected chi connectivity index (χ3v) is 15.0. The van der Waals surface area contributed by atoms with E-state index >= 15 is 0 Å². The number of carbonyl (C=O) groups is 4. The average molecular weight is 679 g/mol. The van der Waals surface area contributed by atoms with Crippen molar-refractivity contribution >= 4 is 35.2 Å². The topological polar surface area (TPSA) is 102 Å². The second kappa shape index (κ2) is 12.0. The highest BCUT2D eigenvalue weighted by atomic mass is 35.5. The summed E-state index contributed by atoms with van der Waals surface area (Å²) < 4.78 is 5.92. The Labute approximate surface area is 291 Å². The van der Waals surface area contributed by atoms with Gasteiger partial charge in [-0.3, -0.25) is 30.0 Å². The largest absolute Gasteiger partial charge is 0.462 e. The van der Waals surface area contributed by atoms with Gasteiger partial charge in [0, 0.05) is 41.2 Å². The van der Waals surface area contributed by atoms with E-state index in [0.717, 1.165) is 56.9 Å². The van der Waals surface area contributed by atoms with E-state index in [-0.39, 0.29) is 63.7 Å². The molecule has 2 N–H and O–H groups in total. The molecule has 5 aliphatic carbocycles. The fraction of sp³-hybridized carbons (Fsp3) is 0.700. The fourth-order valence-electron chi connectivity index (χ4n) is 12.5. The summed E-state index contributed by atoms with van der Waals surface area (Å²) in [5.41, 5.74) is 7.44. The lowest BCUT2D eigenvalue weighted by Crippen LogP contribution is -2.65. The summed E-state index contributed by atoms with van der Waals surface area (Å²) in [6.45, 7) is 18.0. The van der Waals surface area contributed by atoms with Crippen molar-refractivity contribution in [3.05, 3.63) is 46.0 Å². The molecular weight excluding hydrogens is 624 g/mol. The fourth-order valence-corrected chi connectivity index (χ4v) is 12.6. The Kier molecular flexibility index (Phi) is 8.78. The number of halogens is 1. The number of carbonyl (C=O) groups excluding carboxylic acids is 4. The van der Waals surface area contributed by atoms with E-state index in [1.807, 2.05) is 0 Å². The number of hydrazine groups is 1. The maximum Gasteiger partial charge on any atom is 0.302 e. The standard InChI is InChI=1S/C40H55ClN2O5/c1-23(2)33-28(45)21-40(22-32(46)42-43-35(47)25-9-11-26(41)12-10-25)20-19-38(7)27(34(33)40)13-14-30-37(6)17-16-31(48-24(3)44)36(4,5)29(37)15-18-39(30,38)8/h9-12,23,27,29-31H,13-22H2,1-8H3,(H,42,46)(H,43,47)/t27-,29+,30-,31+,37+,38-,39-,40+/m1/s1. The summed E-state index contributed by atoms with van der Waals surface area (Å²) in [5.74, 6) is 0.644. The number of hydrogen-bond acceptors (Lipinski definition) is 5. The smallest absolute Gasteiger partial charge is 0.302 e. The number of Topliss-reactive ketones (excluding diaryl/α,β-unsaturated/α-hetero) is 1. The highest BCUT2D eigenvalue weighted by Gasteiger charge is 2.70. The summed E-state index contributed by atoms with van der Waals surface area (Å²) in [7, 11) is 0. The van der Waals surface area contributed by atoms with Gasteiger partial charge in [-0.25, -0.2) is 0 Å². The zero-order valence-corrected chi connectivity index (χ0v) is 30.9. The number of esters is 1. The molecular formula is C40H55ClN2O5. The van der Waals surface area contributed by atoms with E-state index in [4.69, 9.17) is 16.3 Å². The number of allylic oxidation sites excluding steroid dienone is 2. The molecule has 0 saturated heterocycles. The molecule has 6 rings (SSSR count). The molecule has 0 aliphatic heterocycles. The average Bonchev–Trinajstić information content (AvgIpc) is 3.29. The first kappa shape index (κ1) is 35.2. The molecule has 4 fully saturated rings. The van der Waals surface area contributed by atoms with Crippen molar-refractivity contribution < 1.29 is 23.9 Å². The summed E-state index contributed by atoms with van der Waals surface area (Å²) in [4.78, 5) is 52.3. The van der Waals surface area contributed by atoms with Crippen LogP contribution in [-0.4, -0.2) is 29.7 Å². The maximum absolute atomic E-state index is 13.9. The lowest BCUT2D eigenvalue weighted by Gasteiger charge is -2.72. The van der Waals surface area contributed by atoms with Gasteiger partial charge in [0.1, 0.15) is 6.10 Å². The molecule has 0 heterocycles. The van der Waals surface area contributed by atoms with Gasteiger partial charge >= 0.3 is 5.97 Å². The van der Waals surface area contributed by atoms with Gasteiger partial charge in [-0.2, -0.15) is 0 Å². The zero-order chi connectivity index (χ0) is 35.0. The Morgan fingerprint density at radius 1 is 0.875 bits per heavy atom. The van der Waals surface area contributed by atoms with Crippen molar-refractivity contribution in [2.45, 2.75) is 126 Å². The minimum absolute atomic E-state index is 0.0103. The number of nitrogens with one attached hydrogen (secondary N) is 2. The van der Waals surface area contributed by atoms with Gasteiger partial charge < -0.3 is 4.74 Å². The van der Waals surface area contributed by atoms with Gasteiger partial charge in [0.15, 0.2) is 5.78 Å². The van der Waals surface area contributed by atoms with Gasteiger partial charge in [-0.15, -0.1) is 0 Å². The van der Waals surface area contributed by atoms with Crippen molar-refractivity contribution in [3.63, 3.8) is 0 Å². The molecule has 0 spiro atoms. The van der Waals surface area contributed by atoms with E-state index < -0.39 is 11.3 Å². The second-order valence-corrected chi connectivity index (χ2v) is 18.1. The Morgan fingerprint density at radius 2 is 1.56 bits per heavy atom. The molecule has 8 atom stereocenters. The molecule has 0 unspecified atom stereocenters. The van der Waals surface area contributed by atoms with Crippen LogP contribution in [0, 0.1) is 50.7 Å². The van der Waals surface area contributed by atoms with Crippen molar-refractivity contribution in [1.82, 2.24) is 10.9 Å². The quantitative estimate of drug-likeness (QED) is 0.241. The molecule has 1 aromatic rings. The van der Waals surface area contributed by atoms with E-state index in [9.17, 15) is 19.2 Å². The first-order chi connectivity index (χ1) is 22.4. The number of benzene rings is 1. The minimum atomic E-state index is -0.523. The predicted molar refractivity (Wildman–Crippen MR) is 187 cm³/mol. The molecule has 0 radical (unpaired) electrons. The summed E-state index contributed by atoms with van der Waals surface area (Å²) in [6, 6.07) is 6.52. The van der Waals surface area contributed by atoms with Crippen molar-refractivity contribution in [2.75, 3.05) is 0 Å². The Bertz CT molecular complexity index is 1550. The Hall–Kier alpha value is -2.67. The normalized spacial score (nSPS) is 38.3. The van der Waals surface area contributed by atoms with Crippen LogP contribution in [0.15, 0.2) is 35.4 Å². The Balaban J connectivity index is 1.28. The van der Waals surface area contributed by atoms with Gasteiger partial charge in [-0.05, 0) is 121 Å². The molecule has 0 bridgehead atoms. The molecule has 4 saturated carbocycles. The first-order valence-electron chi connectivity index (χ1n) is 18.2. The lowest BCUT2D eigenvalue weighted by atomic mass is 9.33. The zero-order valence-electron chi connectivity index (χ0n) is 30.2. The minimum Gasteiger partial charge on any atom is -0.462 e. The summed E-state index contributed by atoms with van der Waals surface area (Å²) in [5, 5.41) is 0.533. The Morgan fingerprint density at radius 3 is 2.21 bits per heavy atom. The van der Waals surface area contributed by atoms with Crippen LogP contribution in [0.5, 0.6) is 0 Å². The molecule has 0 aromatic heterocycles. The van der Waals surface area contributed by atoms with E-state index in [0.29, 0.717) is 28.8 Å². The molecule has 7 nitrogen and oxygen atoms in total. The van der Waals surface area contributed by atoms with Gasteiger partial charge in [0.05, 0.1) is 0 Å². The third kappa shape index (κ3) is 5.27. The van der Waals surface area contributed by atoms with Crippen LogP contribution in [0.4, 0.5) is 0 Å². The number of hydrogen-bond donors (Lipinski definition) is 2. The van der Waals surface area contributed by atoms with Gasteiger partial charge in [0.2, 0.25) is 5.91 Å². The van der Waals surface area contributed by atoms with Crippen LogP contribution < -0.4 is 10.9 Å². The molecule has 1 aromatic carbocycles. The van der Waals surface area contributed by atoms with Crippen molar-refractivity contribution in [1.29, 1.82) is 0 Å². The van der Waals surface area contributed by atoms with Gasteiger partial charge in [0.25, 0.3) is 5.91 Å². The number of fused-ring (bicyclic) bond motifs is 7. The van der Waals surface area contributed by atoms with Crippen molar-refractivity contribution in [2.24, 2.45) is 50.7 Å². The number of ether oxygens (including phenoxy) is 1. The van der Waals surface area contributed by atoms with E-state index in [1.165, 1.54) is 12.5 Å². The second-order valence-electron chi connectivity index (χ2n) is 17.6. The predicted octanol–water partition coefficient (Wildman–Crippen LogP) is 8.40. The van der Waals surface area contributed by atoms with Crippen LogP contribution in [0.25, 0.3) is 0 Å². The lowest BCUT2D eigenvalue weighted by molar-refractivity contribution is -0.232.